The zero-order valence-electron chi connectivity index (χ0n) is 16.3. The van der Waals surface area contributed by atoms with Crippen LogP contribution in [0.5, 0.6) is 5.75 Å². The number of rotatable bonds is 14. The number of nitrogens with zero attached hydrogens (tertiary/aromatic N) is 1. The summed E-state index contributed by atoms with van der Waals surface area (Å²) in [5.41, 5.74) is 1.32. The maximum atomic E-state index is 5.68. The Kier molecular flexibility index (Phi) is 11.6. The highest BCUT2D eigenvalue weighted by Gasteiger charge is 2.03. The fourth-order valence-electron chi connectivity index (χ4n) is 2.72. The molecule has 0 aliphatic rings. The highest BCUT2D eigenvalue weighted by atomic mass is 16.5. The molecule has 0 spiro atoms. The van der Waals surface area contributed by atoms with Crippen molar-refractivity contribution in [2.24, 2.45) is 0 Å². The van der Waals surface area contributed by atoms with Gasteiger partial charge in [0.15, 0.2) is 0 Å². The molecule has 1 aromatic rings. The summed E-state index contributed by atoms with van der Waals surface area (Å²) in [4.78, 5) is 2.63. The van der Waals surface area contributed by atoms with Crippen LogP contribution in [-0.2, 0) is 6.54 Å². The molecular weight excluding hydrogens is 296 g/mol. The van der Waals surface area contributed by atoms with Gasteiger partial charge < -0.3 is 15.0 Å². The molecule has 24 heavy (non-hydrogen) atoms. The Bertz CT molecular complexity index is 395. The highest BCUT2D eigenvalue weighted by molar-refractivity contribution is 5.27. The third-order valence-electron chi connectivity index (χ3n) is 4.11. The van der Waals surface area contributed by atoms with E-state index in [1.54, 1.807) is 0 Å². The van der Waals surface area contributed by atoms with Crippen LogP contribution in [0.2, 0.25) is 0 Å². The van der Waals surface area contributed by atoms with E-state index >= 15 is 0 Å². The summed E-state index contributed by atoms with van der Waals surface area (Å²) >= 11 is 0. The van der Waals surface area contributed by atoms with Gasteiger partial charge in [0.2, 0.25) is 0 Å². The van der Waals surface area contributed by atoms with Crippen molar-refractivity contribution in [3.05, 3.63) is 29.8 Å². The molecule has 3 nitrogen and oxygen atoms in total. The summed E-state index contributed by atoms with van der Waals surface area (Å²) in [5.74, 6) is 0.955. The zero-order valence-corrected chi connectivity index (χ0v) is 16.3. The van der Waals surface area contributed by atoms with Crippen molar-refractivity contribution < 1.29 is 4.74 Å². The summed E-state index contributed by atoms with van der Waals surface area (Å²) in [5, 5.41) is 3.56. The molecule has 0 amide bonds. The molecule has 0 aliphatic heterocycles. The lowest BCUT2D eigenvalue weighted by molar-refractivity contribution is 0.242. The van der Waals surface area contributed by atoms with Crippen LogP contribution in [-0.4, -0.2) is 37.2 Å². The van der Waals surface area contributed by atoms with Gasteiger partial charge >= 0.3 is 0 Å². The Morgan fingerprint density at radius 1 is 0.917 bits per heavy atom. The molecule has 0 aromatic heterocycles. The lowest BCUT2D eigenvalue weighted by Gasteiger charge is -2.22. The van der Waals surface area contributed by atoms with Crippen molar-refractivity contribution >= 4 is 0 Å². The molecule has 0 saturated carbocycles. The van der Waals surface area contributed by atoms with Crippen molar-refractivity contribution in [2.75, 3.05) is 26.2 Å². The normalized spacial score (nSPS) is 11.4. The minimum atomic E-state index is 0.234. The van der Waals surface area contributed by atoms with Crippen LogP contribution in [0.1, 0.15) is 65.4 Å². The monoisotopic (exact) mass is 334 g/mol. The van der Waals surface area contributed by atoms with Crippen LogP contribution >= 0.6 is 0 Å². The van der Waals surface area contributed by atoms with Gasteiger partial charge in [-0.15, -0.1) is 0 Å². The number of ether oxygens (including phenoxy) is 1. The first-order valence-corrected chi connectivity index (χ1v) is 9.84. The van der Waals surface area contributed by atoms with Crippen molar-refractivity contribution in [2.45, 2.75) is 72.4 Å². The first kappa shape index (κ1) is 21.0. The van der Waals surface area contributed by atoms with Gasteiger partial charge in [-0.2, -0.15) is 0 Å². The van der Waals surface area contributed by atoms with E-state index in [4.69, 9.17) is 4.74 Å². The summed E-state index contributed by atoms with van der Waals surface area (Å²) < 4.78 is 5.68. The summed E-state index contributed by atoms with van der Waals surface area (Å²) in [6.07, 6.45) is 6.68. The van der Waals surface area contributed by atoms with Gasteiger partial charge in [-0.25, -0.2) is 0 Å². The quantitative estimate of drug-likeness (QED) is 0.492. The van der Waals surface area contributed by atoms with E-state index in [9.17, 15) is 0 Å². The summed E-state index contributed by atoms with van der Waals surface area (Å²) in [7, 11) is 0. The van der Waals surface area contributed by atoms with Crippen LogP contribution in [0.15, 0.2) is 24.3 Å². The maximum Gasteiger partial charge on any atom is 0.119 e. The summed E-state index contributed by atoms with van der Waals surface area (Å²) in [6, 6.07) is 8.43. The van der Waals surface area contributed by atoms with Gasteiger partial charge in [-0.1, -0.05) is 38.8 Å². The topological polar surface area (TPSA) is 24.5 Å². The lowest BCUT2D eigenvalue weighted by Crippen LogP contribution is -2.29. The predicted octanol–water partition coefficient (Wildman–Crippen LogP) is 4.86. The number of benzene rings is 1. The van der Waals surface area contributed by atoms with Gasteiger partial charge in [0.05, 0.1) is 6.10 Å². The SMILES string of the molecule is CCCCN(CCCC)CCCNCc1ccc(OC(C)C)cc1. The number of nitrogens with one attached hydrogen (secondary N) is 1. The van der Waals surface area contributed by atoms with Gasteiger partial charge in [0.1, 0.15) is 5.75 Å². The van der Waals surface area contributed by atoms with Crippen molar-refractivity contribution in [1.29, 1.82) is 0 Å². The van der Waals surface area contributed by atoms with Gasteiger partial charge in [-0.05, 0) is 77.0 Å². The molecule has 0 radical (unpaired) electrons. The Morgan fingerprint density at radius 3 is 2.04 bits per heavy atom. The molecule has 1 rings (SSSR count). The Balaban J connectivity index is 2.19. The van der Waals surface area contributed by atoms with Crippen LogP contribution in [0.4, 0.5) is 0 Å². The fourth-order valence-corrected chi connectivity index (χ4v) is 2.72. The first-order chi connectivity index (χ1) is 11.7. The summed E-state index contributed by atoms with van der Waals surface area (Å²) in [6.45, 7) is 14.4. The van der Waals surface area contributed by atoms with Crippen LogP contribution in [0.25, 0.3) is 0 Å². The second-order valence-electron chi connectivity index (χ2n) is 6.89. The van der Waals surface area contributed by atoms with Crippen LogP contribution in [0.3, 0.4) is 0 Å². The molecular formula is C21H38N2O. The number of unbranched alkanes of at least 4 members (excludes halogenated alkanes) is 2. The molecule has 0 unspecified atom stereocenters. The van der Waals surface area contributed by atoms with Gasteiger partial charge in [-0.3, -0.25) is 0 Å². The van der Waals surface area contributed by atoms with Crippen molar-refractivity contribution in [3.8, 4) is 5.75 Å². The molecule has 0 aliphatic carbocycles. The van der Waals surface area contributed by atoms with Gasteiger partial charge in [0.25, 0.3) is 0 Å². The lowest BCUT2D eigenvalue weighted by atomic mass is 10.2. The smallest absolute Gasteiger partial charge is 0.119 e. The van der Waals surface area contributed by atoms with Crippen LogP contribution in [0, 0.1) is 0 Å². The predicted molar refractivity (Wildman–Crippen MR) is 105 cm³/mol. The first-order valence-electron chi connectivity index (χ1n) is 9.84. The molecule has 1 N–H and O–H groups in total. The zero-order chi connectivity index (χ0) is 17.6. The molecule has 0 saturated heterocycles. The van der Waals surface area contributed by atoms with E-state index in [0.717, 1.165) is 18.8 Å². The second kappa shape index (κ2) is 13.3. The van der Waals surface area contributed by atoms with E-state index in [1.165, 1.54) is 57.3 Å². The van der Waals surface area contributed by atoms with Gasteiger partial charge in [0, 0.05) is 6.54 Å². The fraction of sp³-hybridized carbons (Fsp3) is 0.714. The number of hydrogen-bond acceptors (Lipinski definition) is 3. The Morgan fingerprint density at radius 2 is 1.50 bits per heavy atom. The van der Waals surface area contributed by atoms with Crippen molar-refractivity contribution in [1.82, 2.24) is 10.2 Å². The van der Waals surface area contributed by atoms with E-state index < -0.39 is 0 Å². The molecule has 0 atom stereocenters. The van der Waals surface area contributed by atoms with E-state index in [0.29, 0.717) is 0 Å². The molecule has 0 bridgehead atoms. The van der Waals surface area contributed by atoms with Crippen LogP contribution < -0.4 is 10.1 Å². The minimum Gasteiger partial charge on any atom is -0.491 e. The third kappa shape index (κ3) is 9.94. The maximum absolute atomic E-state index is 5.68. The van der Waals surface area contributed by atoms with E-state index in [1.807, 2.05) is 0 Å². The highest BCUT2D eigenvalue weighted by Crippen LogP contribution is 2.13. The molecule has 0 fully saturated rings. The second-order valence-corrected chi connectivity index (χ2v) is 6.89. The molecule has 0 heterocycles. The average molecular weight is 335 g/mol. The molecule has 138 valence electrons. The third-order valence-corrected chi connectivity index (χ3v) is 4.11. The Hall–Kier alpha value is -1.06. The molecule has 3 heteroatoms. The minimum absolute atomic E-state index is 0.234. The Labute approximate surface area is 149 Å². The van der Waals surface area contributed by atoms with E-state index in [2.05, 4.69) is 62.2 Å². The molecule has 1 aromatic carbocycles. The number of hydrogen-bond donors (Lipinski definition) is 1. The largest absolute Gasteiger partial charge is 0.491 e. The standard InChI is InChI=1S/C21H38N2O/c1-5-7-15-23(16-8-6-2)17-9-14-22-18-20-10-12-21(13-11-20)24-19(3)4/h10-13,19,22H,5-9,14-18H2,1-4H3. The van der Waals surface area contributed by atoms with Crippen molar-refractivity contribution in [3.63, 3.8) is 0 Å². The van der Waals surface area contributed by atoms with E-state index in [-0.39, 0.29) is 6.10 Å². The average Bonchev–Trinajstić information content (AvgIpc) is 2.57.